The molecule has 0 heterocycles. The van der Waals surface area contributed by atoms with Crippen LogP contribution in [0.4, 0.5) is 0 Å². The van der Waals surface area contributed by atoms with Gasteiger partial charge in [0.15, 0.2) is 5.78 Å². The van der Waals surface area contributed by atoms with Gasteiger partial charge in [0.05, 0.1) is 11.8 Å². The molecule has 0 spiro atoms. The molecule has 0 aliphatic heterocycles. The average molecular weight is 231 g/mol. The Morgan fingerprint density at radius 3 is 2.60 bits per heavy atom. The fraction of sp³-hybridized carbons (Fsp3) is 0.700. The van der Waals surface area contributed by atoms with Crippen molar-refractivity contribution in [1.29, 1.82) is 0 Å². The number of rotatable bonds is 7. The third-order valence-electron chi connectivity index (χ3n) is 2.07. The summed E-state index contributed by atoms with van der Waals surface area (Å²) in [7, 11) is -2.99. The van der Waals surface area contributed by atoms with Gasteiger partial charge in [0.1, 0.15) is 9.84 Å². The van der Waals surface area contributed by atoms with Crippen LogP contribution in [0.25, 0.3) is 0 Å². The monoisotopic (exact) mass is 231 g/mol. The van der Waals surface area contributed by atoms with Crippen molar-refractivity contribution in [2.75, 3.05) is 11.5 Å². The number of terminal acetylenes is 1. The van der Waals surface area contributed by atoms with Gasteiger partial charge in [0.25, 0.3) is 0 Å². The fourth-order valence-corrected chi connectivity index (χ4v) is 1.91. The second kappa shape index (κ2) is 6.59. The molecular weight excluding hydrogens is 214 g/mol. The first kappa shape index (κ1) is 14.1. The van der Waals surface area contributed by atoms with Gasteiger partial charge in [-0.05, 0) is 6.42 Å². The van der Waals surface area contributed by atoms with Crippen LogP contribution in [0.3, 0.4) is 0 Å². The summed E-state index contributed by atoms with van der Waals surface area (Å²) in [6.45, 7) is 1.58. The van der Waals surface area contributed by atoms with E-state index in [4.69, 9.17) is 12.2 Å². The Kier molecular flexibility index (Phi) is 6.21. The zero-order chi connectivity index (χ0) is 11.9. The number of ketones is 1. The third-order valence-corrected chi connectivity index (χ3v) is 3.86. The summed E-state index contributed by atoms with van der Waals surface area (Å²) in [5.41, 5.74) is 5.47. The van der Waals surface area contributed by atoms with E-state index in [1.54, 1.807) is 6.92 Å². The molecule has 15 heavy (non-hydrogen) atoms. The Bertz CT molecular complexity index is 340. The van der Waals surface area contributed by atoms with Crippen molar-refractivity contribution in [2.24, 2.45) is 5.73 Å². The lowest BCUT2D eigenvalue weighted by atomic mass is 10.1. The normalized spacial score (nSPS) is 13.1. The molecule has 86 valence electrons. The van der Waals surface area contributed by atoms with Crippen molar-refractivity contribution in [3.05, 3.63) is 0 Å². The minimum Gasteiger partial charge on any atom is -0.321 e. The summed E-state index contributed by atoms with van der Waals surface area (Å²) in [6.07, 6.45) is 5.73. The highest BCUT2D eigenvalue weighted by atomic mass is 32.2. The molecule has 0 aromatic rings. The molecule has 0 rings (SSSR count). The van der Waals surface area contributed by atoms with Crippen LogP contribution in [0.2, 0.25) is 0 Å². The minimum absolute atomic E-state index is 0.0397. The fourth-order valence-electron chi connectivity index (χ4n) is 1.04. The van der Waals surface area contributed by atoms with Gasteiger partial charge in [-0.25, -0.2) is 8.42 Å². The molecule has 2 N–H and O–H groups in total. The highest BCUT2D eigenvalue weighted by Gasteiger charge is 2.13. The molecule has 0 aliphatic carbocycles. The number of nitrogens with two attached hydrogens (primary N) is 1. The second-order valence-electron chi connectivity index (χ2n) is 3.32. The van der Waals surface area contributed by atoms with E-state index in [-0.39, 0.29) is 30.1 Å². The maximum atomic E-state index is 11.3. The predicted molar refractivity (Wildman–Crippen MR) is 60.0 cm³/mol. The molecule has 0 aromatic heterocycles. The standard InChI is InChI=1S/C10H17NO3S/c1-3-6-9(11)10(12)7-5-8-15(13,14)4-2/h1,9H,4-8,11H2,2H3. The van der Waals surface area contributed by atoms with Gasteiger partial charge in [-0.2, -0.15) is 0 Å². The number of hydrogen-bond donors (Lipinski definition) is 1. The molecule has 4 nitrogen and oxygen atoms in total. The zero-order valence-electron chi connectivity index (χ0n) is 8.90. The van der Waals surface area contributed by atoms with E-state index >= 15 is 0 Å². The summed E-state index contributed by atoms with van der Waals surface area (Å²) in [6, 6.07) is -0.653. The van der Waals surface area contributed by atoms with Crippen LogP contribution in [-0.4, -0.2) is 31.7 Å². The Labute approximate surface area is 91.1 Å². The summed E-state index contributed by atoms with van der Waals surface area (Å²) in [5.74, 6) is 2.28. The number of Topliss-reactive ketones (excluding diaryl/α,β-unsaturated/α-hetero) is 1. The van der Waals surface area contributed by atoms with E-state index in [1.165, 1.54) is 0 Å². The Morgan fingerprint density at radius 1 is 1.53 bits per heavy atom. The van der Waals surface area contributed by atoms with Crippen LogP contribution in [-0.2, 0) is 14.6 Å². The summed E-state index contributed by atoms with van der Waals surface area (Å²) >= 11 is 0. The van der Waals surface area contributed by atoms with E-state index in [2.05, 4.69) is 5.92 Å². The van der Waals surface area contributed by atoms with Gasteiger partial charge in [0, 0.05) is 18.6 Å². The van der Waals surface area contributed by atoms with Crippen molar-refractivity contribution in [3.8, 4) is 12.3 Å². The zero-order valence-corrected chi connectivity index (χ0v) is 9.72. The SMILES string of the molecule is C#CCC(N)C(=O)CCCS(=O)(=O)CC. The van der Waals surface area contributed by atoms with Crippen molar-refractivity contribution in [1.82, 2.24) is 0 Å². The highest BCUT2D eigenvalue weighted by molar-refractivity contribution is 7.91. The lowest BCUT2D eigenvalue weighted by Gasteiger charge is -2.06. The van der Waals surface area contributed by atoms with Gasteiger partial charge in [-0.3, -0.25) is 4.79 Å². The van der Waals surface area contributed by atoms with E-state index in [1.807, 2.05) is 0 Å². The first-order valence-corrected chi connectivity index (χ1v) is 6.67. The molecular formula is C10H17NO3S. The van der Waals surface area contributed by atoms with Gasteiger partial charge in [0.2, 0.25) is 0 Å². The van der Waals surface area contributed by atoms with Crippen LogP contribution >= 0.6 is 0 Å². The maximum absolute atomic E-state index is 11.3. The summed E-state index contributed by atoms with van der Waals surface area (Å²) in [5, 5.41) is 0. The summed E-state index contributed by atoms with van der Waals surface area (Å²) in [4.78, 5) is 11.3. The summed E-state index contributed by atoms with van der Waals surface area (Å²) < 4.78 is 22.2. The predicted octanol–water partition coefficient (Wildman–Crippen LogP) is 0.121. The van der Waals surface area contributed by atoms with E-state index < -0.39 is 15.9 Å². The smallest absolute Gasteiger partial charge is 0.150 e. The van der Waals surface area contributed by atoms with Gasteiger partial charge in [-0.1, -0.05) is 6.92 Å². The molecule has 5 heteroatoms. The average Bonchev–Trinajstić information content (AvgIpc) is 2.18. The molecule has 0 saturated carbocycles. The Morgan fingerprint density at radius 2 is 2.13 bits per heavy atom. The lowest BCUT2D eigenvalue weighted by molar-refractivity contribution is -0.120. The lowest BCUT2D eigenvalue weighted by Crippen LogP contribution is -2.30. The number of hydrogen-bond acceptors (Lipinski definition) is 4. The molecule has 0 saturated heterocycles. The van der Waals surface area contributed by atoms with E-state index in [0.29, 0.717) is 6.42 Å². The van der Waals surface area contributed by atoms with E-state index in [9.17, 15) is 13.2 Å². The van der Waals surface area contributed by atoms with Crippen LogP contribution in [0.15, 0.2) is 0 Å². The first-order chi connectivity index (χ1) is 6.93. The number of carbonyl (C=O) groups excluding carboxylic acids is 1. The van der Waals surface area contributed by atoms with Crippen LogP contribution in [0.5, 0.6) is 0 Å². The van der Waals surface area contributed by atoms with Crippen molar-refractivity contribution in [2.45, 2.75) is 32.2 Å². The minimum atomic E-state index is -2.99. The van der Waals surface area contributed by atoms with Gasteiger partial charge in [-0.15, -0.1) is 12.3 Å². The molecule has 0 aromatic carbocycles. The molecule has 1 unspecified atom stereocenters. The van der Waals surface area contributed by atoms with Crippen molar-refractivity contribution >= 4 is 15.6 Å². The first-order valence-electron chi connectivity index (χ1n) is 4.85. The maximum Gasteiger partial charge on any atom is 0.150 e. The molecule has 0 bridgehead atoms. The Hall–Kier alpha value is -0.860. The molecule has 1 atom stereocenters. The molecule has 0 fully saturated rings. The number of carbonyl (C=O) groups is 1. The van der Waals surface area contributed by atoms with Gasteiger partial charge < -0.3 is 5.73 Å². The van der Waals surface area contributed by atoms with Gasteiger partial charge >= 0.3 is 0 Å². The van der Waals surface area contributed by atoms with E-state index in [0.717, 1.165) is 0 Å². The van der Waals surface area contributed by atoms with Crippen LogP contribution in [0.1, 0.15) is 26.2 Å². The highest BCUT2D eigenvalue weighted by Crippen LogP contribution is 2.01. The van der Waals surface area contributed by atoms with Crippen LogP contribution < -0.4 is 5.73 Å². The third kappa shape index (κ3) is 6.26. The molecule has 0 amide bonds. The topological polar surface area (TPSA) is 77.2 Å². The largest absolute Gasteiger partial charge is 0.321 e. The quantitative estimate of drug-likeness (QED) is 0.631. The van der Waals surface area contributed by atoms with Crippen molar-refractivity contribution in [3.63, 3.8) is 0 Å². The molecule has 0 radical (unpaired) electrons. The van der Waals surface area contributed by atoms with Crippen LogP contribution in [0, 0.1) is 12.3 Å². The Balaban J connectivity index is 3.89. The molecule has 0 aliphatic rings. The van der Waals surface area contributed by atoms with Crippen molar-refractivity contribution < 1.29 is 13.2 Å². The number of sulfone groups is 1. The second-order valence-corrected chi connectivity index (χ2v) is 5.79.